The number of methoxy groups -OCH3 is 1. The Morgan fingerprint density at radius 2 is 2.25 bits per heavy atom. The zero-order valence-electron chi connectivity index (χ0n) is 11.4. The van der Waals surface area contributed by atoms with Gasteiger partial charge in [0, 0.05) is 37.0 Å². The molecule has 0 aliphatic carbocycles. The minimum Gasteiger partial charge on any atom is -0.416 e. The molecule has 0 saturated heterocycles. The third-order valence-corrected chi connectivity index (χ3v) is 3.71. The maximum absolute atomic E-state index is 6.05. The van der Waals surface area contributed by atoms with Crippen molar-refractivity contribution in [3.63, 3.8) is 0 Å². The Morgan fingerprint density at radius 3 is 2.95 bits per heavy atom. The Labute approximate surface area is 127 Å². The second kappa shape index (κ2) is 7.64. The van der Waals surface area contributed by atoms with Crippen molar-refractivity contribution in [1.29, 1.82) is 0 Å². The van der Waals surface area contributed by atoms with Crippen LogP contribution in [0.2, 0.25) is 5.02 Å². The molecule has 20 heavy (non-hydrogen) atoms. The number of aryl methyl sites for hydroxylation is 1. The second-order valence-electron chi connectivity index (χ2n) is 4.11. The average Bonchev–Trinajstić information content (AvgIpc) is 2.82. The van der Waals surface area contributed by atoms with E-state index in [1.165, 1.54) is 11.8 Å². The first-order chi connectivity index (χ1) is 9.69. The summed E-state index contributed by atoms with van der Waals surface area (Å²) in [6.45, 7) is 3.97. The summed E-state index contributed by atoms with van der Waals surface area (Å²) in [5.41, 5.74) is 1.13. The first-order valence-electron chi connectivity index (χ1n) is 6.15. The van der Waals surface area contributed by atoms with Crippen LogP contribution < -0.4 is 5.32 Å². The quantitative estimate of drug-likeness (QED) is 0.793. The van der Waals surface area contributed by atoms with Crippen LogP contribution in [0.5, 0.6) is 0 Å². The molecular formula is C13H16ClN3O2S. The van der Waals surface area contributed by atoms with Crippen molar-refractivity contribution in [2.75, 3.05) is 20.3 Å². The van der Waals surface area contributed by atoms with Gasteiger partial charge in [-0.25, -0.2) is 0 Å². The number of hydrogen-bond donors (Lipinski definition) is 1. The summed E-state index contributed by atoms with van der Waals surface area (Å²) < 4.78 is 10.4. The molecule has 7 heteroatoms. The first-order valence-corrected chi connectivity index (χ1v) is 7.34. The topological polar surface area (TPSA) is 60.2 Å². The fourth-order valence-electron chi connectivity index (χ4n) is 1.58. The van der Waals surface area contributed by atoms with E-state index >= 15 is 0 Å². The van der Waals surface area contributed by atoms with Crippen molar-refractivity contribution >= 4 is 23.4 Å². The minimum absolute atomic E-state index is 0.517. The van der Waals surface area contributed by atoms with Crippen molar-refractivity contribution in [2.24, 2.45) is 0 Å². The van der Waals surface area contributed by atoms with Crippen LogP contribution in [0, 0.1) is 6.92 Å². The zero-order valence-corrected chi connectivity index (χ0v) is 12.9. The number of ether oxygens (including phenoxy) is 1. The van der Waals surface area contributed by atoms with Crippen LogP contribution in [0.15, 0.2) is 32.7 Å². The molecule has 2 aromatic rings. The SMILES string of the molecule is COCCNCc1ccc(Cl)cc1Sc1nnc(C)o1. The van der Waals surface area contributed by atoms with E-state index in [0.717, 1.165) is 23.5 Å². The molecule has 1 aromatic carbocycles. The van der Waals surface area contributed by atoms with Gasteiger partial charge in [0.05, 0.1) is 6.61 Å². The van der Waals surface area contributed by atoms with Crippen LogP contribution in [-0.2, 0) is 11.3 Å². The van der Waals surface area contributed by atoms with E-state index in [2.05, 4.69) is 15.5 Å². The van der Waals surface area contributed by atoms with E-state index in [9.17, 15) is 0 Å². The van der Waals surface area contributed by atoms with Crippen LogP contribution in [0.4, 0.5) is 0 Å². The Hall–Kier alpha value is -1.08. The van der Waals surface area contributed by atoms with Crippen molar-refractivity contribution in [3.8, 4) is 0 Å². The lowest BCUT2D eigenvalue weighted by Gasteiger charge is -2.09. The summed E-state index contributed by atoms with van der Waals surface area (Å²) in [4.78, 5) is 1.01. The van der Waals surface area contributed by atoms with Gasteiger partial charge in [0.1, 0.15) is 0 Å². The van der Waals surface area contributed by atoms with Gasteiger partial charge in [-0.15, -0.1) is 10.2 Å². The number of nitrogens with one attached hydrogen (secondary N) is 1. The van der Waals surface area contributed by atoms with Crippen LogP contribution in [0.3, 0.4) is 0 Å². The molecule has 5 nitrogen and oxygen atoms in total. The lowest BCUT2D eigenvalue weighted by atomic mass is 10.2. The maximum Gasteiger partial charge on any atom is 0.281 e. The molecule has 0 amide bonds. The molecule has 1 heterocycles. The third-order valence-electron chi connectivity index (χ3n) is 2.53. The highest BCUT2D eigenvalue weighted by atomic mass is 35.5. The van der Waals surface area contributed by atoms with Gasteiger partial charge in [-0.05, 0) is 29.5 Å². The Kier molecular flexibility index (Phi) is 5.85. The van der Waals surface area contributed by atoms with Gasteiger partial charge < -0.3 is 14.5 Å². The summed E-state index contributed by atoms with van der Waals surface area (Å²) in [5.74, 6) is 0.550. The van der Waals surface area contributed by atoms with Crippen molar-refractivity contribution in [1.82, 2.24) is 15.5 Å². The van der Waals surface area contributed by atoms with Gasteiger partial charge in [-0.2, -0.15) is 0 Å². The number of halogens is 1. The van der Waals surface area contributed by atoms with E-state index in [0.29, 0.717) is 22.7 Å². The summed E-state index contributed by atoms with van der Waals surface area (Å²) >= 11 is 7.47. The molecular weight excluding hydrogens is 298 g/mol. The molecule has 0 aliphatic heterocycles. The molecule has 108 valence electrons. The number of hydrogen-bond acceptors (Lipinski definition) is 6. The van der Waals surface area contributed by atoms with Crippen molar-refractivity contribution in [2.45, 2.75) is 23.6 Å². The standard InChI is InChI=1S/C13H16ClN3O2S/c1-9-16-17-13(19-9)20-12-7-11(14)4-3-10(12)8-15-5-6-18-2/h3-4,7,15H,5-6,8H2,1-2H3. The van der Waals surface area contributed by atoms with Crippen LogP contribution in [-0.4, -0.2) is 30.5 Å². The maximum atomic E-state index is 6.05. The smallest absolute Gasteiger partial charge is 0.281 e. The van der Waals surface area contributed by atoms with Crippen LogP contribution in [0.1, 0.15) is 11.5 Å². The monoisotopic (exact) mass is 313 g/mol. The molecule has 0 atom stereocenters. The fourth-order valence-corrected chi connectivity index (χ4v) is 2.71. The van der Waals surface area contributed by atoms with Gasteiger partial charge in [0.2, 0.25) is 5.89 Å². The molecule has 0 aliphatic rings. The highest BCUT2D eigenvalue weighted by Crippen LogP contribution is 2.31. The van der Waals surface area contributed by atoms with Gasteiger partial charge in [-0.1, -0.05) is 17.7 Å². The highest BCUT2D eigenvalue weighted by Gasteiger charge is 2.10. The summed E-state index contributed by atoms with van der Waals surface area (Å²) in [7, 11) is 1.68. The zero-order chi connectivity index (χ0) is 14.4. The van der Waals surface area contributed by atoms with Gasteiger partial charge in [-0.3, -0.25) is 0 Å². The van der Waals surface area contributed by atoms with Crippen LogP contribution >= 0.6 is 23.4 Å². The van der Waals surface area contributed by atoms with E-state index in [1.54, 1.807) is 14.0 Å². The normalized spacial score (nSPS) is 10.9. The Morgan fingerprint density at radius 1 is 1.40 bits per heavy atom. The summed E-state index contributed by atoms with van der Waals surface area (Å²) in [6.07, 6.45) is 0. The molecule has 0 unspecified atom stereocenters. The average molecular weight is 314 g/mol. The second-order valence-corrected chi connectivity index (χ2v) is 5.54. The lowest BCUT2D eigenvalue weighted by molar-refractivity contribution is 0.199. The van der Waals surface area contributed by atoms with Crippen molar-refractivity contribution < 1.29 is 9.15 Å². The van der Waals surface area contributed by atoms with E-state index in [1.807, 2.05) is 18.2 Å². The van der Waals surface area contributed by atoms with Crippen LogP contribution in [0.25, 0.3) is 0 Å². The molecule has 1 N–H and O–H groups in total. The number of benzene rings is 1. The molecule has 0 radical (unpaired) electrons. The fraction of sp³-hybridized carbons (Fsp3) is 0.385. The van der Waals surface area contributed by atoms with E-state index in [-0.39, 0.29) is 0 Å². The van der Waals surface area contributed by atoms with E-state index in [4.69, 9.17) is 20.8 Å². The Bertz CT molecular complexity index is 562. The number of aromatic nitrogens is 2. The number of nitrogens with zero attached hydrogens (tertiary/aromatic N) is 2. The predicted molar refractivity (Wildman–Crippen MR) is 78.2 cm³/mol. The lowest BCUT2D eigenvalue weighted by Crippen LogP contribution is -2.18. The number of rotatable bonds is 7. The Balaban J connectivity index is 2.07. The van der Waals surface area contributed by atoms with Gasteiger partial charge >= 0.3 is 0 Å². The van der Waals surface area contributed by atoms with Gasteiger partial charge in [0.15, 0.2) is 0 Å². The molecule has 0 bridgehead atoms. The third kappa shape index (κ3) is 4.49. The van der Waals surface area contributed by atoms with E-state index < -0.39 is 0 Å². The molecule has 1 aromatic heterocycles. The molecule has 0 spiro atoms. The first kappa shape index (κ1) is 15.3. The summed E-state index contributed by atoms with van der Waals surface area (Å²) in [5, 5.41) is 12.3. The minimum atomic E-state index is 0.517. The highest BCUT2D eigenvalue weighted by molar-refractivity contribution is 7.99. The largest absolute Gasteiger partial charge is 0.416 e. The molecule has 2 rings (SSSR count). The summed E-state index contributed by atoms with van der Waals surface area (Å²) in [6, 6.07) is 5.77. The molecule has 0 fully saturated rings. The van der Waals surface area contributed by atoms with Gasteiger partial charge in [0.25, 0.3) is 5.22 Å². The van der Waals surface area contributed by atoms with Crippen molar-refractivity contribution in [3.05, 3.63) is 34.7 Å². The predicted octanol–water partition coefficient (Wildman–Crippen LogP) is 2.92. The molecule has 0 saturated carbocycles.